The van der Waals surface area contributed by atoms with E-state index in [-0.39, 0.29) is 0 Å². The Balaban J connectivity index is 1.92. The number of hydrogen-bond acceptors (Lipinski definition) is 3. The molecule has 1 atom stereocenters. The van der Waals surface area contributed by atoms with Crippen molar-refractivity contribution in [1.29, 1.82) is 0 Å². The van der Waals surface area contributed by atoms with E-state index in [2.05, 4.69) is 45.7 Å². The second kappa shape index (κ2) is 5.30. The Bertz CT molecular complexity index is 337. The van der Waals surface area contributed by atoms with Gasteiger partial charge >= 0.3 is 0 Å². The average molecular weight is 334 g/mol. The first-order valence-corrected chi connectivity index (χ1v) is 7.29. The van der Waals surface area contributed by atoms with Crippen LogP contribution in [0.2, 0.25) is 0 Å². The predicted molar refractivity (Wildman–Crippen MR) is 77.5 cm³/mol. The van der Waals surface area contributed by atoms with Crippen LogP contribution in [-0.4, -0.2) is 17.5 Å². The second-order valence-electron chi connectivity index (χ2n) is 3.76. The van der Waals surface area contributed by atoms with Gasteiger partial charge < -0.3 is 11.1 Å². The minimum absolute atomic E-state index is 0.790. The summed E-state index contributed by atoms with van der Waals surface area (Å²) in [4.78, 5) is 0. The van der Waals surface area contributed by atoms with Gasteiger partial charge in [0, 0.05) is 26.7 Å². The van der Waals surface area contributed by atoms with Gasteiger partial charge in [-0.2, -0.15) is 11.8 Å². The molecule has 1 heterocycles. The quantitative estimate of drug-likeness (QED) is 0.659. The lowest BCUT2D eigenvalue weighted by atomic mass is 10.2. The summed E-state index contributed by atoms with van der Waals surface area (Å²) in [6.45, 7) is 1.07. The highest BCUT2D eigenvalue weighted by molar-refractivity contribution is 14.1. The van der Waals surface area contributed by atoms with Crippen LogP contribution in [0, 0.1) is 3.57 Å². The molecule has 3 N–H and O–H groups in total. The van der Waals surface area contributed by atoms with Crippen LogP contribution < -0.4 is 11.1 Å². The fourth-order valence-corrected chi connectivity index (χ4v) is 3.64. The van der Waals surface area contributed by atoms with Gasteiger partial charge in [0.15, 0.2) is 0 Å². The second-order valence-corrected chi connectivity index (χ2v) is 6.33. The van der Waals surface area contributed by atoms with Crippen molar-refractivity contribution in [3.63, 3.8) is 0 Å². The third-order valence-electron chi connectivity index (χ3n) is 2.54. The molecule has 0 spiro atoms. The number of hydrogen-bond donors (Lipinski definition) is 2. The zero-order chi connectivity index (χ0) is 10.7. The Morgan fingerprint density at radius 1 is 1.53 bits per heavy atom. The number of benzene rings is 1. The van der Waals surface area contributed by atoms with Crippen LogP contribution in [0.4, 0.5) is 11.4 Å². The van der Waals surface area contributed by atoms with Crippen LogP contribution >= 0.6 is 34.4 Å². The van der Waals surface area contributed by atoms with Crippen LogP contribution in [0.25, 0.3) is 0 Å². The summed E-state index contributed by atoms with van der Waals surface area (Å²) in [5.41, 5.74) is 7.75. The molecule has 2 rings (SSSR count). The molecule has 2 nitrogen and oxygen atoms in total. The highest BCUT2D eigenvalue weighted by Crippen LogP contribution is 2.27. The molecule has 1 aliphatic rings. The smallest absolute Gasteiger partial charge is 0.0477 e. The molecule has 82 valence electrons. The monoisotopic (exact) mass is 334 g/mol. The lowest BCUT2D eigenvalue weighted by Gasteiger charge is -2.12. The Hall–Kier alpha value is -0.100. The molecular formula is C11H15IN2S. The van der Waals surface area contributed by atoms with E-state index in [1.807, 2.05) is 12.1 Å². The molecule has 1 unspecified atom stereocenters. The predicted octanol–water partition coefficient (Wildman–Crippen LogP) is 3.18. The van der Waals surface area contributed by atoms with E-state index < -0.39 is 0 Å². The largest absolute Gasteiger partial charge is 0.399 e. The minimum Gasteiger partial charge on any atom is -0.399 e. The van der Waals surface area contributed by atoms with E-state index in [1.165, 1.54) is 27.9 Å². The van der Waals surface area contributed by atoms with Gasteiger partial charge in [0.05, 0.1) is 0 Å². The molecule has 0 aromatic heterocycles. The summed E-state index contributed by atoms with van der Waals surface area (Å²) in [5, 5.41) is 4.29. The van der Waals surface area contributed by atoms with Gasteiger partial charge in [-0.15, -0.1) is 0 Å². The topological polar surface area (TPSA) is 38.0 Å². The van der Waals surface area contributed by atoms with Crippen molar-refractivity contribution in [2.45, 2.75) is 18.1 Å². The molecular weight excluding hydrogens is 319 g/mol. The number of halogens is 1. The molecule has 15 heavy (non-hydrogen) atoms. The summed E-state index contributed by atoms with van der Waals surface area (Å²) < 4.78 is 1.20. The van der Waals surface area contributed by atoms with Crippen molar-refractivity contribution in [2.24, 2.45) is 0 Å². The van der Waals surface area contributed by atoms with E-state index >= 15 is 0 Å². The van der Waals surface area contributed by atoms with Gasteiger partial charge in [0.1, 0.15) is 0 Å². The molecule has 0 radical (unpaired) electrons. The van der Waals surface area contributed by atoms with E-state index in [0.717, 1.165) is 17.5 Å². The number of nitrogen functional groups attached to an aromatic ring is 1. The Morgan fingerprint density at radius 3 is 3.07 bits per heavy atom. The third kappa shape index (κ3) is 3.17. The standard InChI is InChI=1S/C11H15IN2S/c12-10-6-8(13)3-4-11(10)14-7-9-2-1-5-15-9/h3-4,6,9,14H,1-2,5,7,13H2. The maximum absolute atomic E-state index is 5.71. The first-order valence-electron chi connectivity index (χ1n) is 5.16. The Labute approximate surface area is 109 Å². The van der Waals surface area contributed by atoms with Crippen molar-refractivity contribution >= 4 is 45.7 Å². The van der Waals surface area contributed by atoms with Gasteiger partial charge in [-0.1, -0.05) is 0 Å². The molecule has 1 aromatic carbocycles. The lowest BCUT2D eigenvalue weighted by Crippen LogP contribution is -2.14. The van der Waals surface area contributed by atoms with Crippen molar-refractivity contribution < 1.29 is 0 Å². The van der Waals surface area contributed by atoms with E-state index in [0.29, 0.717) is 0 Å². The maximum atomic E-state index is 5.71. The molecule has 1 fully saturated rings. The molecule has 0 saturated carbocycles. The lowest BCUT2D eigenvalue weighted by molar-refractivity contribution is 0.805. The van der Waals surface area contributed by atoms with E-state index in [1.54, 1.807) is 0 Å². The first-order chi connectivity index (χ1) is 7.25. The number of anilines is 2. The van der Waals surface area contributed by atoms with Crippen LogP contribution in [0.15, 0.2) is 18.2 Å². The van der Waals surface area contributed by atoms with Crippen LogP contribution in [0.3, 0.4) is 0 Å². The molecule has 1 aliphatic heterocycles. The van der Waals surface area contributed by atoms with Gasteiger partial charge in [-0.05, 0) is 59.4 Å². The normalized spacial score (nSPS) is 20.5. The van der Waals surface area contributed by atoms with Gasteiger partial charge in [-0.3, -0.25) is 0 Å². The van der Waals surface area contributed by atoms with E-state index in [4.69, 9.17) is 5.73 Å². The Morgan fingerprint density at radius 2 is 2.40 bits per heavy atom. The van der Waals surface area contributed by atoms with E-state index in [9.17, 15) is 0 Å². The summed E-state index contributed by atoms with van der Waals surface area (Å²) >= 11 is 4.40. The molecule has 1 saturated heterocycles. The van der Waals surface area contributed by atoms with Crippen molar-refractivity contribution in [3.05, 3.63) is 21.8 Å². The van der Waals surface area contributed by atoms with Crippen molar-refractivity contribution in [2.75, 3.05) is 23.3 Å². The molecule has 1 aromatic rings. The number of thioether (sulfide) groups is 1. The number of rotatable bonds is 3. The van der Waals surface area contributed by atoms with Crippen molar-refractivity contribution in [3.8, 4) is 0 Å². The third-order valence-corrected chi connectivity index (χ3v) is 4.83. The molecule has 4 heteroatoms. The average Bonchev–Trinajstić information content (AvgIpc) is 2.69. The zero-order valence-electron chi connectivity index (χ0n) is 8.50. The summed E-state index contributed by atoms with van der Waals surface area (Å²) in [5.74, 6) is 1.32. The number of nitrogens with one attached hydrogen (secondary N) is 1. The summed E-state index contributed by atoms with van der Waals surface area (Å²) in [7, 11) is 0. The highest BCUT2D eigenvalue weighted by atomic mass is 127. The minimum atomic E-state index is 0.790. The fourth-order valence-electron chi connectivity index (χ4n) is 1.70. The molecule has 0 bridgehead atoms. The SMILES string of the molecule is Nc1ccc(NCC2CCCS2)c(I)c1. The fraction of sp³-hybridized carbons (Fsp3) is 0.455. The Kier molecular flexibility index (Phi) is 4.02. The zero-order valence-corrected chi connectivity index (χ0v) is 11.5. The van der Waals surface area contributed by atoms with Crippen LogP contribution in [0.5, 0.6) is 0 Å². The first kappa shape index (κ1) is 11.4. The summed E-state index contributed by atoms with van der Waals surface area (Å²) in [6.07, 6.45) is 2.72. The van der Waals surface area contributed by atoms with Crippen molar-refractivity contribution in [1.82, 2.24) is 0 Å². The van der Waals surface area contributed by atoms with Gasteiger partial charge in [0.2, 0.25) is 0 Å². The molecule has 0 aliphatic carbocycles. The highest BCUT2D eigenvalue weighted by Gasteiger charge is 2.15. The number of nitrogens with two attached hydrogens (primary N) is 1. The van der Waals surface area contributed by atoms with Crippen LogP contribution in [0.1, 0.15) is 12.8 Å². The molecule has 0 amide bonds. The van der Waals surface area contributed by atoms with Crippen LogP contribution in [-0.2, 0) is 0 Å². The summed E-state index contributed by atoms with van der Waals surface area (Å²) in [6, 6.07) is 6.02. The maximum Gasteiger partial charge on any atom is 0.0477 e. The van der Waals surface area contributed by atoms with Gasteiger partial charge in [0.25, 0.3) is 0 Å². The van der Waals surface area contributed by atoms with Gasteiger partial charge in [-0.25, -0.2) is 0 Å².